The zero-order chi connectivity index (χ0) is 12.0. The predicted octanol–water partition coefficient (Wildman–Crippen LogP) is 2.55. The number of fused-ring (bicyclic) bond motifs is 1. The van der Waals surface area contributed by atoms with Gasteiger partial charge in [0.2, 0.25) is 0 Å². The lowest BCUT2D eigenvalue weighted by atomic mass is 9.78. The molecular formula is C13H18NOP. The Balaban J connectivity index is 2.79. The van der Waals surface area contributed by atoms with Gasteiger partial charge in [-0.2, -0.15) is 0 Å². The average molecular weight is 235 g/mol. The number of nitrogens with two attached hydrogens (primary N) is 1. The molecule has 86 valence electrons. The summed E-state index contributed by atoms with van der Waals surface area (Å²) < 4.78 is 0. The summed E-state index contributed by atoms with van der Waals surface area (Å²) in [5, 5.41) is 10.7. The molecule has 0 aliphatic heterocycles. The third kappa shape index (κ3) is 1.44. The molecule has 1 aromatic rings. The standard InChI is InChI=1S/C13H18NOP/c1-6-4-5-9-10(7(6)2)8(3)13(16)12(15)11(9)14/h4-7,15H,14,16H2,1-3H3. The number of nitrogen functional groups attached to an aromatic ring is 1. The first-order valence-corrected chi connectivity index (χ1v) is 6.11. The number of allylic oxidation sites excluding steroid dienone is 1. The third-order valence-electron chi connectivity index (χ3n) is 3.71. The Morgan fingerprint density at radius 1 is 1.38 bits per heavy atom. The Bertz CT molecular complexity index is 480. The first-order chi connectivity index (χ1) is 7.45. The molecule has 0 bridgehead atoms. The molecule has 3 heteroatoms. The van der Waals surface area contributed by atoms with Crippen LogP contribution >= 0.6 is 9.24 Å². The van der Waals surface area contributed by atoms with Crippen molar-refractivity contribution in [3.63, 3.8) is 0 Å². The summed E-state index contributed by atoms with van der Waals surface area (Å²) in [6.45, 7) is 6.46. The van der Waals surface area contributed by atoms with Gasteiger partial charge in [0.05, 0.1) is 5.69 Å². The largest absolute Gasteiger partial charge is 0.505 e. The number of hydrogen-bond donors (Lipinski definition) is 2. The van der Waals surface area contributed by atoms with E-state index in [4.69, 9.17) is 5.73 Å². The molecule has 0 spiro atoms. The number of phenolic OH excluding ortho intramolecular Hbond substituents is 1. The van der Waals surface area contributed by atoms with Crippen LogP contribution in [0.3, 0.4) is 0 Å². The zero-order valence-corrected chi connectivity index (χ0v) is 11.1. The zero-order valence-electron chi connectivity index (χ0n) is 9.91. The van der Waals surface area contributed by atoms with E-state index in [1.165, 1.54) is 5.56 Å². The number of rotatable bonds is 0. The second kappa shape index (κ2) is 3.78. The first kappa shape index (κ1) is 11.5. The Morgan fingerprint density at radius 2 is 2.00 bits per heavy atom. The molecule has 2 nitrogen and oxygen atoms in total. The number of anilines is 1. The molecule has 1 aromatic carbocycles. The maximum absolute atomic E-state index is 9.92. The second-order valence-corrected chi connectivity index (χ2v) is 5.21. The fraction of sp³-hybridized carbons (Fsp3) is 0.385. The fourth-order valence-corrected chi connectivity index (χ4v) is 2.70. The van der Waals surface area contributed by atoms with Crippen LogP contribution in [-0.2, 0) is 0 Å². The lowest BCUT2D eigenvalue weighted by molar-refractivity contribution is 0.481. The van der Waals surface area contributed by atoms with E-state index in [1.807, 2.05) is 13.0 Å². The van der Waals surface area contributed by atoms with Crippen molar-refractivity contribution in [2.24, 2.45) is 5.92 Å². The fourth-order valence-electron chi connectivity index (χ4n) is 2.39. The molecule has 3 unspecified atom stereocenters. The van der Waals surface area contributed by atoms with Gasteiger partial charge in [0.1, 0.15) is 5.75 Å². The van der Waals surface area contributed by atoms with E-state index in [0.29, 0.717) is 17.5 Å². The minimum Gasteiger partial charge on any atom is -0.505 e. The summed E-state index contributed by atoms with van der Waals surface area (Å²) >= 11 is 0. The lowest BCUT2D eigenvalue weighted by Crippen LogP contribution is -2.17. The minimum absolute atomic E-state index is 0.202. The highest BCUT2D eigenvalue weighted by molar-refractivity contribution is 7.28. The lowest BCUT2D eigenvalue weighted by Gasteiger charge is -2.28. The highest BCUT2D eigenvalue weighted by atomic mass is 31.0. The Hall–Kier alpha value is -1.01. The highest BCUT2D eigenvalue weighted by Gasteiger charge is 2.25. The molecule has 0 heterocycles. The molecule has 2 rings (SSSR count). The normalized spacial score (nSPS) is 23.2. The quantitative estimate of drug-likeness (QED) is 0.412. The van der Waals surface area contributed by atoms with Gasteiger partial charge < -0.3 is 10.8 Å². The second-order valence-electron chi connectivity index (χ2n) is 4.64. The molecule has 1 aliphatic rings. The van der Waals surface area contributed by atoms with Crippen LogP contribution in [0, 0.1) is 12.8 Å². The number of phenols is 1. The number of hydrogen-bond acceptors (Lipinski definition) is 2. The summed E-state index contributed by atoms with van der Waals surface area (Å²) in [5.74, 6) is 1.16. The number of benzene rings is 1. The van der Waals surface area contributed by atoms with Gasteiger partial charge in [-0.25, -0.2) is 0 Å². The van der Waals surface area contributed by atoms with Gasteiger partial charge in [-0.15, -0.1) is 9.24 Å². The van der Waals surface area contributed by atoms with Crippen molar-refractivity contribution in [2.45, 2.75) is 26.7 Å². The topological polar surface area (TPSA) is 46.2 Å². The number of aromatic hydroxyl groups is 1. The van der Waals surface area contributed by atoms with Crippen molar-refractivity contribution in [3.05, 3.63) is 22.8 Å². The molecule has 0 radical (unpaired) electrons. The molecule has 1 aliphatic carbocycles. The maximum atomic E-state index is 9.92. The van der Waals surface area contributed by atoms with Gasteiger partial charge >= 0.3 is 0 Å². The van der Waals surface area contributed by atoms with Crippen molar-refractivity contribution in [2.75, 3.05) is 5.73 Å². The van der Waals surface area contributed by atoms with Crippen molar-refractivity contribution in [1.29, 1.82) is 0 Å². The van der Waals surface area contributed by atoms with Gasteiger partial charge in [0, 0.05) is 10.9 Å². The molecule has 0 aromatic heterocycles. The van der Waals surface area contributed by atoms with Crippen molar-refractivity contribution in [1.82, 2.24) is 0 Å². The van der Waals surface area contributed by atoms with Crippen LogP contribution < -0.4 is 11.0 Å². The van der Waals surface area contributed by atoms with Gasteiger partial charge in [-0.1, -0.05) is 26.0 Å². The van der Waals surface area contributed by atoms with Crippen molar-refractivity contribution >= 4 is 26.3 Å². The summed E-state index contributed by atoms with van der Waals surface area (Å²) in [5.41, 5.74) is 9.87. The van der Waals surface area contributed by atoms with E-state index >= 15 is 0 Å². The Morgan fingerprint density at radius 3 is 2.62 bits per heavy atom. The van der Waals surface area contributed by atoms with Crippen LogP contribution in [-0.4, -0.2) is 5.11 Å². The molecule has 0 saturated carbocycles. The molecule has 0 saturated heterocycles. The first-order valence-electron chi connectivity index (χ1n) is 5.53. The highest BCUT2D eigenvalue weighted by Crippen LogP contribution is 2.41. The van der Waals surface area contributed by atoms with E-state index in [9.17, 15) is 5.11 Å². The summed E-state index contributed by atoms with van der Waals surface area (Å²) in [7, 11) is 2.58. The van der Waals surface area contributed by atoms with Crippen LogP contribution in [0.1, 0.15) is 36.5 Å². The predicted molar refractivity (Wildman–Crippen MR) is 73.2 cm³/mol. The summed E-state index contributed by atoms with van der Waals surface area (Å²) in [6, 6.07) is 0. The Kier molecular flexibility index (Phi) is 2.71. The smallest absolute Gasteiger partial charge is 0.146 e. The van der Waals surface area contributed by atoms with Gasteiger partial charge in [0.15, 0.2) is 0 Å². The SMILES string of the molecule is Cc1c(P)c(O)c(N)c2c1C(C)C(C)C=C2. The van der Waals surface area contributed by atoms with E-state index in [-0.39, 0.29) is 5.75 Å². The maximum Gasteiger partial charge on any atom is 0.146 e. The van der Waals surface area contributed by atoms with Crippen LogP contribution in [0.25, 0.3) is 6.08 Å². The Labute approximate surface area is 98.8 Å². The van der Waals surface area contributed by atoms with E-state index in [0.717, 1.165) is 16.4 Å². The molecule has 3 atom stereocenters. The van der Waals surface area contributed by atoms with Crippen molar-refractivity contribution in [3.8, 4) is 5.75 Å². The van der Waals surface area contributed by atoms with Gasteiger partial charge in [-0.05, 0) is 29.9 Å². The van der Waals surface area contributed by atoms with E-state index < -0.39 is 0 Å². The van der Waals surface area contributed by atoms with Gasteiger partial charge in [0.25, 0.3) is 0 Å². The van der Waals surface area contributed by atoms with Crippen molar-refractivity contribution < 1.29 is 5.11 Å². The van der Waals surface area contributed by atoms with Crippen LogP contribution in [0.5, 0.6) is 5.75 Å². The average Bonchev–Trinajstić information content (AvgIpc) is 2.27. The summed E-state index contributed by atoms with van der Waals surface area (Å²) in [6.07, 6.45) is 4.19. The molecule has 16 heavy (non-hydrogen) atoms. The van der Waals surface area contributed by atoms with Gasteiger partial charge in [-0.3, -0.25) is 0 Å². The molecule has 3 N–H and O–H groups in total. The monoisotopic (exact) mass is 235 g/mol. The van der Waals surface area contributed by atoms with Crippen LogP contribution in [0.15, 0.2) is 6.08 Å². The van der Waals surface area contributed by atoms with E-state index in [1.54, 1.807) is 0 Å². The minimum atomic E-state index is 0.202. The molecule has 0 fully saturated rings. The third-order valence-corrected chi connectivity index (χ3v) is 4.42. The van der Waals surface area contributed by atoms with Crippen LogP contribution in [0.4, 0.5) is 5.69 Å². The summed E-state index contributed by atoms with van der Waals surface area (Å²) in [4.78, 5) is 0. The molecular weight excluding hydrogens is 217 g/mol. The van der Waals surface area contributed by atoms with Crippen LogP contribution in [0.2, 0.25) is 0 Å². The molecule has 0 amide bonds. The van der Waals surface area contributed by atoms with E-state index in [2.05, 4.69) is 29.2 Å².